The highest BCUT2D eigenvalue weighted by Crippen LogP contribution is 1.93. The Kier molecular flexibility index (Phi) is 1.59. The van der Waals surface area contributed by atoms with Crippen molar-refractivity contribution in [3.05, 3.63) is 24.1 Å². The van der Waals surface area contributed by atoms with Gasteiger partial charge in [0.1, 0.15) is 6.26 Å². The van der Waals surface area contributed by atoms with E-state index in [2.05, 4.69) is 9.69 Å². The van der Waals surface area contributed by atoms with Gasteiger partial charge in [0, 0.05) is 0 Å². The molecule has 4 heteroatoms. The Bertz CT molecular complexity index is 129. The Morgan fingerprint density at radius 3 is 3.38 bits per heavy atom. The molecule has 0 saturated carbocycles. The van der Waals surface area contributed by atoms with Gasteiger partial charge in [0.25, 0.3) is 0 Å². The largest absolute Gasteiger partial charge is 0.520 e. The number of hydrogen-bond donors (Lipinski definition) is 1. The van der Waals surface area contributed by atoms with Crippen molar-refractivity contribution >= 4 is 7.48 Å². The Morgan fingerprint density at radius 1 is 1.62 bits per heavy atom. The van der Waals surface area contributed by atoms with Crippen LogP contribution in [0, 0.1) is 0 Å². The van der Waals surface area contributed by atoms with Gasteiger partial charge < -0.3 is 9.99 Å². The fourth-order valence-corrected chi connectivity index (χ4v) is 0.318. The minimum Gasteiger partial charge on any atom is -0.520 e. The Balaban J connectivity index is 2.52. The van der Waals surface area contributed by atoms with Gasteiger partial charge in [-0.2, -0.15) is 0 Å². The lowest BCUT2D eigenvalue weighted by molar-refractivity contribution is -0.148. The molecule has 1 N–H and O–H groups in total. The number of rotatable bonds is 0. The lowest BCUT2D eigenvalue weighted by atomic mass is 9.99. The lowest BCUT2D eigenvalue weighted by Crippen LogP contribution is -1.98. The van der Waals surface area contributed by atoms with Crippen molar-refractivity contribution in [1.29, 1.82) is 0 Å². The molecule has 0 unspecified atom stereocenters. The SMILES string of the molecule is OC1=CC=COO[B]1. The number of aliphatic hydroxyl groups is 1. The van der Waals surface area contributed by atoms with E-state index >= 15 is 0 Å². The van der Waals surface area contributed by atoms with Gasteiger partial charge in [-0.05, 0) is 12.2 Å². The number of hydrogen-bond acceptors (Lipinski definition) is 3. The molecule has 0 aliphatic carbocycles. The Labute approximate surface area is 47.4 Å². The Hall–Kier alpha value is -0.895. The van der Waals surface area contributed by atoms with Crippen LogP contribution < -0.4 is 0 Å². The maximum atomic E-state index is 8.64. The molecule has 0 aromatic heterocycles. The van der Waals surface area contributed by atoms with Crippen LogP contribution in [-0.2, 0) is 9.69 Å². The molecular weight excluding hydrogens is 107 g/mol. The molecule has 1 aliphatic heterocycles. The molecule has 0 spiro atoms. The highest BCUT2D eigenvalue weighted by molar-refractivity contribution is 6.36. The quantitative estimate of drug-likeness (QED) is 0.365. The highest BCUT2D eigenvalue weighted by Gasteiger charge is 1.99. The zero-order valence-corrected chi connectivity index (χ0v) is 4.07. The topological polar surface area (TPSA) is 38.7 Å². The summed E-state index contributed by atoms with van der Waals surface area (Å²) in [6.07, 6.45) is 4.30. The molecule has 8 heavy (non-hydrogen) atoms. The highest BCUT2D eigenvalue weighted by atomic mass is 17.2. The van der Waals surface area contributed by atoms with Crippen molar-refractivity contribution in [2.75, 3.05) is 0 Å². The third-order valence-electron chi connectivity index (χ3n) is 0.626. The summed E-state index contributed by atoms with van der Waals surface area (Å²) in [4.78, 5) is 8.59. The van der Waals surface area contributed by atoms with Crippen molar-refractivity contribution in [1.82, 2.24) is 0 Å². The third kappa shape index (κ3) is 1.31. The predicted octanol–water partition coefficient (Wildman–Crippen LogP) is 0.480. The van der Waals surface area contributed by atoms with Crippen LogP contribution >= 0.6 is 0 Å². The molecule has 0 saturated heterocycles. The first-order valence-electron chi connectivity index (χ1n) is 2.11. The summed E-state index contributed by atoms with van der Waals surface area (Å²) in [6, 6.07) is 0. The molecule has 1 rings (SSSR count). The molecule has 0 atom stereocenters. The van der Waals surface area contributed by atoms with Crippen LogP contribution in [0.25, 0.3) is 0 Å². The van der Waals surface area contributed by atoms with E-state index in [1.807, 2.05) is 0 Å². The van der Waals surface area contributed by atoms with Gasteiger partial charge in [0.05, 0.1) is 5.66 Å². The molecule has 0 bridgehead atoms. The van der Waals surface area contributed by atoms with E-state index in [1.54, 1.807) is 0 Å². The number of allylic oxidation sites excluding steroid dienone is 2. The molecular formula is C4H4BO3. The van der Waals surface area contributed by atoms with E-state index in [9.17, 15) is 0 Å². The second-order valence-electron chi connectivity index (χ2n) is 1.23. The van der Waals surface area contributed by atoms with Crippen molar-refractivity contribution in [2.24, 2.45) is 0 Å². The van der Waals surface area contributed by atoms with Gasteiger partial charge in [-0.25, -0.2) is 0 Å². The summed E-state index contributed by atoms with van der Waals surface area (Å²) in [6.45, 7) is 0. The summed E-state index contributed by atoms with van der Waals surface area (Å²) in [5, 5.41) is 8.64. The average Bonchev–Trinajstić information content (AvgIpc) is 1.94. The summed E-state index contributed by atoms with van der Waals surface area (Å²) in [7, 11) is 1.10. The zero-order chi connectivity index (χ0) is 5.82. The van der Waals surface area contributed by atoms with Gasteiger partial charge in [0.2, 0.25) is 0 Å². The maximum Gasteiger partial charge on any atom is 0.440 e. The van der Waals surface area contributed by atoms with Crippen LogP contribution in [0.1, 0.15) is 0 Å². The van der Waals surface area contributed by atoms with Crippen LogP contribution in [0.4, 0.5) is 0 Å². The molecule has 0 aromatic carbocycles. The molecule has 1 radical (unpaired) electrons. The van der Waals surface area contributed by atoms with Gasteiger partial charge >= 0.3 is 7.48 Å². The lowest BCUT2D eigenvalue weighted by Gasteiger charge is -1.92. The van der Waals surface area contributed by atoms with Gasteiger partial charge in [-0.15, -0.1) is 0 Å². The van der Waals surface area contributed by atoms with Gasteiger partial charge in [-0.3, -0.25) is 4.81 Å². The smallest absolute Gasteiger partial charge is 0.440 e. The van der Waals surface area contributed by atoms with Crippen LogP contribution in [0.15, 0.2) is 24.1 Å². The van der Waals surface area contributed by atoms with Crippen molar-refractivity contribution < 1.29 is 14.8 Å². The van der Waals surface area contributed by atoms with Gasteiger partial charge in [0.15, 0.2) is 0 Å². The first-order valence-corrected chi connectivity index (χ1v) is 2.11. The second-order valence-corrected chi connectivity index (χ2v) is 1.23. The monoisotopic (exact) mass is 111 g/mol. The summed E-state index contributed by atoms with van der Waals surface area (Å²) < 4.78 is 0. The maximum absolute atomic E-state index is 8.64. The zero-order valence-electron chi connectivity index (χ0n) is 4.07. The first kappa shape index (κ1) is 5.25. The standard InChI is InChI=1S/C4H4BO3/c6-4-2-1-3-7-8-5-4/h1-3,6H. The fourth-order valence-electron chi connectivity index (χ4n) is 0.318. The first-order chi connectivity index (χ1) is 3.89. The third-order valence-corrected chi connectivity index (χ3v) is 0.626. The van der Waals surface area contributed by atoms with Crippen LogP contribution in [0.2, 0.25) is 0 Å². The average molecular weight is 111 g/mol. The number of aliphatic hydroxyl groups excluding tert-OH is 1. The summed E-state index contributed by atoms with van der Waals surface area (Å²) in [5.41, 5.74) is 0.0405. The fraction of sp³-hybridized carbons (Fsp3) is 0. The molecule has 1 heterocycles. The van der Waals surface area contributed by atoms with Crippen LogP contribution in [0.3, 0.4) is 0 Å². The van der Waals surface area contributed by atoms with Crippen LogP contribution in [-0.4, -0.2) is 12.6 Å². The van der Waals surface area contributed by atoms with E-state index in [-0.39, 0.29) is 5.66 Å². The minimum absolute atomic E-state index is 0.0405. The predicted molar refractivity (Wildman–Crippen MR) is 27.8 cm³/mol. The van der Waals surface area contributed by atoms with Crippen LogP contribution in [0.5, 0.6) is 0 Å². The van der Waals surface area contributed by atoms with Crippen molar-refractivity contribution in [3.63, 3.8) is 0 Å². The van der Waals surface area contributed by atoms with E-state index in [4.69, 9.17) is 5.11 Å². The van der Waals surface area contributed by atoms with E-state index in [0.717, 1.165) is 7.48 Å². The molecule has 0 fully saturated rings. The van der Waals surface area contributed by atoms with Crippen molar-refractivity contribution in [3.8, 4) is 0 Å². The molecule has 3 nitrogen and oxygen atoms in total. The molecule has 1 aliphatic rings. The second kappa shape index (κ2) is 2.42. The van der Waals surface area contributed by atoms with E-state index in [1.165, 1.54) is 18.4 Å². The molecule has 0 amide bonds. The molecule has 41 valence electrons. The summed E-state index contributed by atoms with van der Waals surface area (Å²) in [5.74, 6) is 0. The Morgan fingerprint density at radius 2 is 2.50 bits per heavy atom. The normalized spacial score (nSPS) is 17.8. The minimum atomic E-state index is 0.0405. The van der Waals surface area contributed by atoms with Gasteiger partial charge in [-0.1, -0.05) is 0 Å². The van der Waals surface area contributed by atoms with E-state index in [0.29, 0.717) is 0 Å². The van der Waals surface area contributed by atoms with E-state index < -0.39 is 0 Å². The summed E-state index contributed by atoms with van der Waals surface area (Å²) >= 11 is 0. The van der Waals surface area contributed by atoms with Crippen molar-refractivity contribution in [2.45, 2.75) is 0 Å². The molecule has 0 aromatic rings.